The molecule has 0 spiro atoms. The third-order valence-electron chi connectivity index (χ3n) is 4.85. The molecule has 1 aliphatic rings. The molecule has 8 heteroatoms. The number of nitrogens with one attached hydrogen (secondary N) is 2. The highest BCUT2D eigenvalue weighted by Crippen LogP contribution is 2.21. The van der Waals surface area contributed by atoms with Crippen LogP contribution in [0.3, 0.4) is 0 Å². The first-order valence-electron chi connectivity index (χ1n) is 9.68. The van der Waals surface area contributed by atoms with Gasteiger partial charge in [-0.1, -0.05) is 12.1 Å². The van der Waals surface area contributed by atoms with Crippen molar-refractivity contribution in [3.63, 3.8) is 0 Å². The molecule has 4 heterocycles. The van der Waals surface area contributed by atoms with Gasteiger partial charge < -0.3 is 15.2 Å². The minimum absolute atomic E-state index is 0.276. The van der Waals surface area contributed by atoms with E-state index in [1.807, 2.05) is 41.0 Å². The Labute approximate surface area is 168 Å². The Morgan fingerprint density at radius 1 is 0.897 bits per heavy atom. The first-order chi connectivity index (χ1) is 14.2. The van der Waals surface area contributed by atoms with E-state index in [-0.39, 0.29) is 17.6 Å². The summed E-state index contributed by atoms with van der Waals surface area (Å²) in [5, 5.41) is 5.71. The van der Waals surface area contributed by atoms with Crippen LogP contribution in [0.4, 0.5) is 0 Å². The maximum Gasteiger partial charge on any atom is 0.287 e. The van der Waals surface area contributed by atoms with E-state index in [9.17, 15) is 9.59 Å². The zero-order chi connectivity index (χ0) is 20.1. The van der Waals surface area contributed by atoms with Gasteiger partial charge in [0.05, 0.1) is 30.2 Å². The summed E-state index contributed by atoms with van der Waals surface area (Å²) < 4.78 is 1.87. The van der Waals surface area contributed by atoms with Crippen LogP contribution < -0.4 is 10.6 Å². The zero-order valence-corrected chi connectivity index (χ0v) is 16.0. The van der Waals surface area contributed by atoms with E-state index >= 15 is 0 Å². The van der Waals surface area contributed by atoms with Gasteiger partial charge in [-0.3, -0.25) is 19.6 Å². The molecule has 29 heavy (non-hydrogen) atoms. The van der Waals surface area contributed by atoms with Crippen LogP contribution in [0.15, 0.2) is 48.8 Å². The van der Waals surface area contributed by atoms with Gasteiger partial charge in [-0.15, -0.1) is 0 Å². The van der Waals surface area contributed by atoms with E-state index in [1.165, 1.54) is 0 Å². The number of imidazole rings is 1. The van der Waals surface area contributed by atoms with Crippen molar-refractivity contribution in [3.8, 4) is 0 Å². The lowest BCUT2D eigenvalue weighted by Gasteiger charge is -2.17. The van der Waals surface area contributed by atoms with Crippen LogP contribution in [-0.4, -0.2) is 31.3 Å². The Morgan fingerprint density at radius 3 is 2.17 bits per heavy atom. The first-order valence-corrected chi connectivity index (χ1v) is 9.68. The average Bonchev–Trinajstić information content (AvgIpc) is 3.17. The molecular weight excluding hydrogens is 368 g/mol. The van der Waals surface area contributed by atoms with E-state index in [4.69, 9.17) is 0 Å². The van der Waals surface area contributed by atoms with Crippen molar-refractivity contribution in [2.75, 3.05) is 0 Å². The highest BCUT2D eigenvalue weighted by Gasteiger charge is 2.27. The lowest BCUT2D eigenvalue weighted by atomic mass is 10.1. The van der Waals surface area contributed by atoms with Crippen molar-refractivity contribution in [2.24, 2.45) is 0 Å². The SMILES string of the molecule is O=C(NCc1ccccn1)c1nc(C(=O)NCc2ccccn2)n2c1CCCC2. The number of nitrogens with zero attached hydrogens (tertiary/aromatic N) is 4. The molecular formula is C21H22N6O2. The van der Waals surface area contributed by atoms with E-state index < -0.39 is 0 Å². The Balaban J connectivity index is 1.50. The number of fused-ring (bicyclic) bond motifs is 1. The molecule has 0 fully saturated rings. The van der Waals surface area contributed by atoms with Gasteiger partial charge in [0.2, 0.25) is 0 Å². The van der Waals surface area contributed by atoms with E-state index in [2.05, 4.69) is 25.6 Å². The van der Waals surface area contributed by atoms with Crippen LogP contribution in [0.2, 0.25) is 0 Å². The Kier molecular flexibility index (Phi) is 5.60. The highest BCUT2D eigenvalue weighted by atomic mass is 16.2. The molecule has 0 atom stereocenters. The predicted molar refractivity (Wildman–Crippen MR) is 106 cm³/mol. The fraction of sp³-hybridized carbons (Fsp3) is 0.286. The third-order valence-corrected chi connectivity index (χ3v) is 4.85. The topological polar surface area (TPSA) is 102 Å². The summed E-state index contributed by atoms with van der Waals surface area (Å²) in [6.45, 7) is 1.30. The molecule has 0 bridgehead atoms. The molecule has 0 aliphatic carbocycles. The number of aromatic nitrogens is 4. The molecule has 3 aromatic rings. The Bertz CT molecular complexity index is 921. The van der Waals surface area contributed by atoms with E-state index in [1.54, 1.807) is 12.4 Å². The van der Waals surface area contributed by atoms with Crippen LogP contribution in [0.1, 0.15) is 51.0 Å². The largest absolute Gasteiger partial charge is 0.345 e. The van der Waals surface area contributed by atoms with Crippen LogP contribution in [0.5, 0.6) is 0 Å². The standard InChI is InChI=1S/C21H22N6O2/c28-20(24-13-15-7-1-4-10-22-15)18-17-9-3-6-12-27(17)19(26-18)21(29)25-14-16-8-2-5-11-23-16/h1-2,4-5,7-8,10-11H,3,6,9,12-14H2,(H,24,28)(H,25,29). The van der Waals surface area contributed by atoms with Gasteiger partial charge in [0.25, 0.3) is 11.8 Å². The first kappa shape index (κ1) is 18.8. The minimum atomic E-state index is -0.303. The second-order valence-corrected chi connectivity index (χ2v) is 6.85. The van der Waals surface area contributed by atoms with Crippen LogP contribution >= 0.6 is 0 Å². The Hall–Kier alpha value is -3.55. The molecule has 2 N–H and O–H groups in total. The Morgan fingerprint density at radius 2 is 1.55 bits per heavy atom. The molecule has 8 nitrogen and oxygen atoms in total. The molecule has 1 aliphatic heterocycles. The fourth-order valence-corrected chi connectivity index (χ4v) is 3.41. The molecule has 4 rings (SSSR count). The van der Waals surface area contributed by atoms with Gasteiger partial charge in [-0.2, -0.15) is 0 Å². The lowest BCUT2D eigenvalue weighted by molar-refractivity contribution is 0.0934. The van der Waals surface area contributed by atoms with Gasteiger partial charge in [-0.05, 0) is 43.5 Å². The second kappa shape index (κ2) is 8.64. The van der Waals surface area contributed by atoms with Gasteiger partial charge >= 0.3 is 0 Å². The molecule has 3 aromatic heterocycles. The molecule has 0 aromatic carbocycles. The number of hydrogen-bond acceptors (Lipinski definition) is 5. The second-order valence-electron chi connectivity index (χ2n) is 6.85. The average molecular weight is 390 g/mol. The van der Waals surface area contributed by atoms with Crippen molar-refractivity contribution in [2.45, 2.75) is 38.9 Å². The summed E-state index contributed by atoms with van der Waals surface area (Å²) in [5.41, 5.74) is 2.67. The quantitative estimate of drug-likeness (QED) is 0.669. The number of amides is 2. The highest BCUT2D eigenvalue weighted by molar-refractivity contribution is 5.97. The minimum Gasteiger partial charge on any atom is -0.345 e. The lowest BCUT2D eigenvalue weighted by Crippen LogP contribution is -2.27. The van der Waals surface area contributed by atoms with Gasteiger partial charge in [-0.25, -0.2) is 4.98 Å². The van der Waals surface area contributed by atoms with Crippen LogP contribution in [0, 0.1) is 0 Å². The molecule has 148 valence electrons. The van der Waals surface area contributed by atoms with Crippen LogP contribution in [-0.2, 0) is 26.1 Å². The molecule has 0 saturated carbocycles. The summed E-state index contributed by atoms with van der Waals surface area (Å²) in [4.78, 5) is 38.3. The summed E-state index contributed by atoms with van der Waals surface area (Å²) in [7, 11) is 0. The number of carbonyl (C=O) groups excluding carboxylic acids is 2. The van der Waals surface area contributed by atoms with Crippen molar-refractivity contribution in [1.82, 2.24) is 30.2 Å². The number of rotatable bonds is 6. The van der Waals surface area contributed by atoms with Crippen LogP contribution in [0.25, 0.3) is 0 Å². The maximum absolute atomic E-state index is 12.7. The number of carbonyl (C=O) groups is 2. The monoisotopic (exact) mass is 390 g/mol. The van der Waals surface area contributed by atoms with Gasteiger partial charge in [0, 0.05) is 18.9 Å². The summed E-state index contributed by atoms with van der Waals surface area (Å²) >= 11 is 0. The molecule has 0 radical (unpaired) electrons. The molecule has 2 amide bonds. The maximum atomic E-state index is 12.7. The summed E-state index contributed by atoms with van der Waals surface area (Å²) in [5.74, 6) is -0.314. The molecule has 0 saturated heterocycles. The van der Waals surface area contributed by atoms with E-state index in [0.29, 0.717) is 25.3 Å². The molecule has 0 unspecified atom stereocenters. The third kappa shape index (κ3) is 4.31. The number of hydrogen-bond donors (Lipinski definition) is 2. The van der Waals surface area contributed by atoms with Gasteiger partial charge in [0.1, 0.15) is 5.69 Å². The van der Waals surface area contributed by atoms with E-state index in [0.717, 1.165) is 36.3 Å². The predicted octanol–water partition coefficient (Wildman–Crippen LogP) is 1.87. The van der Waals surface area contributed by atoms with Crippen molar-refractivity contribution in [3.05, 3.63) is 77.4 Å². The normalized spacial score (nSPS) is 12.8. The van der Waals surface area contributed by atoms with Crippen molar-refractivity contribution >= 4 is 11.8 Å². The zero-order valence-electron chi connectivity index (χ0n) is 16.0. The number of pyridine rings is 2. The summed E-state index contributed by atoms with van der Waals surface area (Å²) in [6, 6.07) is 11.1. The smallest absolute Gasteiger partial charge is 0.287 e. The fourth-order valence-electron chi connectivity index (χ4n) is 3.41. The van der Waals surface area contributed by atoms with Crippen molar-refractivity contribution in [1.29, 1.82) is 0 Å². The van der Waals surface area contributed by atoms with Gasteiger partial charge in [0.15, 0.2) is 5.82 Å². The summed E-state index contributed by atoms with van der Waals surface area (Å²) in [6.07, 6.45) is 6.03. The van der Waals surface area contributed by atoms with Crippen molar-refractivity contribution < 1.29 is 9.59 Å².